The molecule has 0 atom stereocenters. The first-order valence-corrected chi connectivity index (χ1v) is 6.05. The maximum absolute atomic E-state index is 12.1. The zero-order chi connectivity index (χ0) is 13.8. The molecular formula is C14H14N2O3. The van der Waals surface area contributed by atoms with Gasteiger partial charge in [0.1, 0.15) is 11.6 Å². The normalized spacial score (nSPS) is 15.3. The number of nitrogens with zero attached hydrogens (tertiary/aromatic N) is 2. The molecule has 1 aromatic carbocycles. The number of carbonyl (C=O) groups excluding carboxylic acids is 1. The number of likely N-dealkylation sites (tertiary alicyclic amines) is 1. The van der Waals surface area contributed by atoms with Gasteiger partial charge in [0.25, 0.3) is 5.91 Å². The lowest BCUT2D eigenvalue weighted by Crippen LogP contribution is -2.28. The Morgan fingerprint density at radius 3 is 2.53 bits per heavy atom. The summed E-state index contributed by atoms with van der Waals surface area (Å²) in [4.78, 5) is 13.7. The summed E-state index contributed by atoms with van der Waals surface area (Å²) in [6.07, 6.45) is 3.34. The van der Waals surface area contributed by atoms with Crippen LogP contribution in [0.5, 0.6) is 11.5 Å². The Morgan fingerprint density at radius 2 is 1.95 bits per heavy atom. The van der Waals surface area contributed by atoms with Crippen molar-refractivity contribution in [3.63, 3.8) is 0 Å². The smallest absolute Gasteiger partial charge is 0.264 e. The molecule has 1 fully saturated rings. The number of nitriles is 1. The predicted octanol–water partition coefficient (Wildman–Crippen LogP) is 1.63. The molecule has 0 saturated carbocycles. The van der Waals surface area contributed by atoms with E-state index in [1.165, 1.54) is 24.3 Å². The van der Waals surface area contributed by atoms with Gasteiger partial charge in [-0.2, -0.15) is 5.26 Å². The summed E-state index contributed by atoms with van der Waals surface area (Å²) in [6.45, 7) is 1.36. The van der Waals surface area contributed by atoms with Crippen molar-refractivity contribution in [3.05, 3.63) is 29.3 Å². The van der Waals surface area contributed by atoms with Crippen molar-refractivity contribution in [1.82, 2.24) is 4.90 Å². The van der Waals surface area contributed by atoms with Gasteiger partial charge in [-0.05, 0) is 36.6 Å². The van der Waals surface area contributed by atoms with E-state index >= 15 is 0 Å². The molecule has 1 aliphatic heterocycles. The van der Waals surface area contributed by atoms with Crippen LogP contribution in [0, 0.1) is 11.3 Å². The van der Waals surface area contributed by atoms with Gasteiger partial charge in [0.05, 0.1) is 0 Å². The highest BCUT2D eigenvalue weighted by atomic mass is 16.3. The largest absolute Gasteiger partial charge is 0.504 e. The van der Waals surface area contributed by atoms with Crippen molar-refractivity contribution in [2.45, 2.75) is 12.8 Å². The minimum Gasteiger partial charge on any atom is -0.504 e. The summed E-state index contributed by atoms with van der Waals surface area (Å²) >= 11 is 0. The Labute approximate surface area is 111 Å². The van der Waals surface area contributed by atoms with E-state index in [1.807, 2.05) is 6.07 Å². The van der Waals surface area contributed by atoms with Crippen LogP contribution < -0.4 is 0 Å². The van der Waals surface area contributed by atoms with Crippen LogP contribution >= 0.6 is 0 Å². The molecule has 2 N–H and O–H groups in total. The fourth-order valence-corrected chi connectivity index (χ4v) is 2.03. The number of aromatic hydroxyl groups is 2. The maximum Gasteiger partial charge on any atom is 0.264 e. The predicted molar refractivity (Wildman–Crippen MR) is 69.2 cm³/mol. The molecule has 0 spiro atoms. The lowest BCUT2D eigenvalue weighted by atomic mass is 10.1. The van der Waals surface area contributed by atoms with Crippen LogP contribution in [0.2, 0.25) is 0 Å². The zero-order valence-corrected chi connectivity index (χ0v) is 10.3. The van der Waals surface area contributed by atoms with E-state index < -0.39 is 0 Å². The summed E-state index contributed by atoms with van der Waals surface area (Å²) in [6, 6.07) is 6.04. The van der Waals surface area contributed by atoms with Gasteiger partial charge < -0.3 is 15.1 Å². The second kappa shape index (κ2) is 5.44. The molecule has 0 bridgehead atoms. The second-order valence-corrected chi connectivity index (χ2v) is 4.42. The summed E-state index contributed by atoms with van der Waals surface area (Å²) in [5, 5.41) is 27.6. The molecule has 0 unspecified atom stereocenters. The third kappa shape index (κ3) is 2.86. The van der Waals surface area contributed by atoms with Gasteiger partial charge in [-0.1, -0.05) is 6.07 Å². The first kappa shape index (κ1) is 13.0. The van der Waals surface area contributed by atoms with Gasteiger partial charge >= 0.3 is 0 Å². The van der Waals surface area contributed by atoms with Crippen LogP contribution in [-0.2, 0) is 4.79 Å². The van der Waals surface area contributed by atoms with Gasteiger partial charge in [0.15, 0.2) is 11.5 Å². The quantitative estimate of drug-likeness (QED) is 0.479. The minimum absolute atomic E-state index is 0.0342. The summed E-state index contributed by atoms with van der Waals surface area (Å²) < 4.78 is 0. The average molecular weight is 258 g/mol. The van der Waals surface area contributed by atoms with Gasteiger partial charge in [0, 0.05) is 13.1 Å². The van der Waals surface area contributed by atoms with Crippen molar-refractivity contribution in [2.24, 2.45) is 0 Å². The number of phenols is 2. The van der Waals surface area contributed by atoms with Crippen LogP contribution in [-0.4, -0.2) is 34.1 Å². The molecule has 98 valence electrons. The maximum atomic E-state index is 12.1. The number of hydrogen-bond donors (Lipinski definition) is 2. The molecule has 1 aliphatic rings. The van der Waals surface area contributed by atoms with E-state index in [0.29, 0.717) is 18.7 Å². The lowest BCUT2D eigenvalue weighted by molar-refractivity contribution is -0.125. The van der Waals surface area contributed by atoms with Crippen molar-refractivity contribution >= 4 is 12.0 Å². The van der Waals surface area contributed by atoms with Gasteiger partial charge in [-0.3, -0.25) is 4.79 Å². The number of amides is 1. The van der Waals surface area contributed by atoms with E-state index in [4.69, 9.17) is 5.26 Å². The van der Waals surface area contributed by atoms with Gasteiger partial charge in [-0.25, -0.2) is 0 Å². The molecule has 2 rings (SSSR count). The molecule has 19 heavy (non-hydrogen) atoms. The molecule has 1 heterocycles. The van der Waals surface area contributed by atoms with Gasteiger partial charge in [-0.15, -0.1) is 0 Å². The SMILES string of the molecule is N#C/C(=C\c1ccc(O)c(O)c1)C(=O)N1CCCC1. The number of rotatable bonds is 2. The summed E-state index contributed by atoms with van der Waals surface area (Å²) in [7, 11) is 0. The van der Waals surface area contributed by atoms with Crippen molar-refractivity contribution in [2.75, 3.05) is 13.1 Å². The first-order valence-electron chi connectivity index (χ1n) is 6.05. The average Bonchev–Trinajstić information content (AvgIpc) is 2.93. The highest BCUT2D eigenvalue weighted by Gasteiger charge is 2.21. The van der Waals surface area contributed by atoms with Crippen molar-refractivity contribution in [3.8, 4) is 17.6 Å². The molecule has 0 radical (unpaired) electrons. The van der Waals surface area contributed by atoms with E-state index in [-0.39, 0.29) is 23.0 Å². The number of phenolic OH excluding ortho intramolecular Hbond substituents is 2. The molecule has 1 saturated heterocycles. The second-order valence-electron chi connectivity index (χ2n) is 4.42. The Balaban J connectivity index is 2.25. The fourth-order valence-electron chi connectivity index (χ4n) is 2.03. The standard InChI is InChI=1S/C14H14N2O3/c15-9-11(14(19)16-5-1-2-6-16)7-10-3-4-12(17)13(18)8-10/h3-4,7-8,17-18H,1-2,5-6H2/b11-7+. The van der Waals surface area contributed by atoms with E-state index in [0.717, 1.165) is 12.8 Å². The highest BCUT2D eigenvalue weighted by Crippen LogP contribution is 2.26. The molecule has 0 aliphatic carbocycles. The highest BCUT2D eigenvalue weighted by molar-refractivity contribution is 6.01. The molecule has 0 aromatic heterocycles. The molecule has 5 heteroatoms. The van der Waals surface area contributed by atoms with Crippen molar-refractivity contribution < 1.29 is 15.0 Å². The van der Waals surface area contributed by atoms with E-state index in [2.05, 4.69) is 0 Å². The third-order valence-electron chi connectivity index (χ3n) is 3.05. The Kier molecular flexibility index (Phi) is 3.71. The van der Waals surface area contributed by atoms with Crippen LogP contribution in [0.3, 0.4) is 0 Å². The monoisotopic (exact) mass is 258 g/mol. The Bertz CT molecular complexity index is 567. The number of benzene rings is 1. The number of hydrogen-bond acceptors (Lipinski definition) is 4. The molecule has 1 amide bonds. The molecule has 1 aromatic rings. The van der Waals surface area contributed by atoms with Gasteiger partial charge in [0.2, 0.25) is 0 Å². The van der Waals surface area contributed by atoms with E-state index in [1.54, 1.807) is 4.90 Å². The van der Waals surface area contributed by atoms with E-state index in [9.17, 15) is 15.0 Å². The third-order valence-corrected chi connectivity index (χ3v) is 3.05. The van der Waals surface area contributed by atoms with Crippen LogP contribution in [0.15, 0.2) is 23.8 Å². The van der Waals surface area contributed by atoms with Crippen LogP contribution in [0.25, 0.3) is 6.08 Å². The van der Waals surface area contributed by atoms with Crippen LogP contribution in [0.4, 0.5) is 0 Å². The van der Waals surface area contributed by atoms with Crippen LogP contribution in [0.1, 0.15) is 18.4 Å². The van der Waals surface area contributed by atoms with Crippen molar-refractivity contribution in [1.29, 1.82) is 5.26 Å². The summed E-state index contributed by atoms with van der Waals surface area (Å²) in [5.41, 5.74) is 0.534. The number of carbonyl (C=O) groups is 1. The lowest BCUT2D eigenvalue weighted by Gasteiger charge is -2.14. The summed E-state index contributed by atoms with van der Waals surface area (Å²) in [5.74, 6) is -0.797. The molecule has 5 nitrogen and oxygen atoms in total. The zero-order valence-electron chi connectivity index (χ0n) is 10.3. The fraction of sp³-hybridized carbons (Fsp3) is 0.286. The Hall–Kier alpha value is -2.48. The minimum atomic E-state index is -0.285. The molecular weight excluding hydrogens is 244 g/mol. The topological polar surface area (TPSA) is 84.6 Å². The first-order chi connectivity index (χ1) is 9.11. The Morgan fingerprint density at radius 1 is 1.26 bits per heavy atom.